The number of nitrogens with zero attached hydrogens (tertiary/aromatic N) is 3. The molecule has 0 aromatic carbocycles. The van der Waals surface area contributed by atoms with Crippen molar-refractivity contribution >= 4 is 22.9 Å². The second kappa shape index (κ2) is 6.16. The van der Waals surface area contributed by atoms with Crippen LogP contribution in [0.25, 0.3) is 0 Å². The van der Waals surface area contributed by atoms with Crippen molar-refractivity contribution in [1.29, 1.82) is 0 Å². The van der Waals surface area contributed by atoms with E-state index in [1.807, 2.05) is 5.38 Å². The van der Waals surface area contributed by atoms with E-state index in [0.717, 1.165) is 10.7 Å². The summed E-state index contributed by atoms with van der Waals surface area (Å²) in [6.45, 7) is 2.26. The Morgan fingerprint density at radius 1 is 1.47 bits per heavy atom. The topological polar surface area (TPSA) is 57.0 Å². The lowest BCUT2D eigenvalue weighted by Crippen LogP contribution is -2.23. The molecule has 0 fully saturated rings. The molecule has 2 aromatic heterocycles. The van der Waals surface area contributed by atoms with E-state index in [9.17, 15) is 4.79 Å². The zero-order chi connectivity index (χ0) is 13.8. The first-order valence-electron chi connectivity index (χ1n) is 5.75. The molecule has 0 amide bonds. The molecule has 102 valence electrons. The molecule has 0 atom stereocenters. The Morgan fingerprint density at radius 2 is 2.26 bits per heavy atom. The van der Waals surface area contributed by atoms with E-state index in [-0.39, 0.29) is 5.56 Å². The number of methoxy groups -OCH3 is 1. The van der Waals surface area contributed by atoms with Crippen molar-refractivity contribution < 1.29 is 4.74 Å². The minimum Gasteiger partial charge on any atom is -0.468 e. The van der Waals surface area contributed by atoms with Gasteiger partial charge in [0.05, 0.1) is 23.7 Å². The fourth-order valence-electron chi connectivity index (χ4n) is 1.69. The first kappa shape index (κ1) is 14.0. The Bertz CT molecular complexity index is 624. The van der Waals surface area contributed by atoms with Crippen molar-refractivity contribution in [2.45, 2.75) is 25.8 Å². The number of ether oxygens (including phenoxy) is 1. The van der Waals surface area contributed by atoms with Gasteiger partial charge in [0.25, 0.3) is 11.6 Å². The largest absolute Gasteiger partial charge is 0.468 e. The molecule has 0 aliphatic carbocycles. The van der Waals surface area contributed by atoms with Crippen LogP contribution in [0.4, 0.5) is 0 Å². The molecule has 5 nitrogen and oxygen atoms in total. The normalized spacial score (nSPS) is 10.7. The Labute approximate surface area is 119 Å². The molecule has 0 aliphatic rings. The highest BCUT2D eigenvalue weighted by Gasteiger charge is 2.09. The van der Waals surface area contributed by atoms with Crippen molar-refractivity contribution in [1.82, 2.24) is 14.5 Å². The van der Waals surface area contributed by atoms with E-state index in [2.05, 4.69) is 9.97 Å². The molecule has 0 N–H and O–H groups in total. The molecule has 0 saturated carbocycles. The van der Waals surface area contributed by atoms with Gasteiger partial charge in [-0.1, -0.05) is 0 Å². The number of hydrogen-bond acceptors (Lipinski definition) is 5. The summed E-state index contributed by atoms with van der Waals surface area (Å²) in [6, 6.07) is 1.83. The van der Waals surface area contributed by atoms with Crippen LogP contribution in [0.3, 0.4) is 0 Å². The number of alkyl halides is 1. The molecular weight excluding hydrogens is 286 g/mol. The predicted octanol–water partition coefficient (Wildman–Crippen LogP) is 2.00. The third-order valence-electron chi connectivity index (χ3n) is 2.57. The van der Waals surface area contributed by atoms with Crippen LogP contribution in [-0.4, -0.2) is 21.6 Å². The first-order valence-corrected chi connectivity index (χ1v) is 7.17. The zero-order valence-corrected chi connectivity index (χ0v) is 12.3. The van der Waals surface area contributed by atoms with Crippen LogP contribution in [0, 0.1) is 6.92 Å². The average molecular weight is 300 g/mol. The Kier molecular flexibility index (Phi) is 4.55. The number of halogens is 1. The summed E-state index contributed by atoms with van der Waals surface area (Å²) in [5.41, 5.74) is 1.40. The van der Waals surface area contributed by atoms with Gasteiger partial charge >= 0.3 is 0 Å². The molecule has 0 unspecified atom stereocenters. The molecule has 2 heterocycles. The highest BCUT2D eigenvalue weighted by molar-refractivity contribution is 7.09. The fourth-order valence-corrected chi connectivity index (χ4v) is 2.70. The van der Waals surface area contributed by atoms with Crippen LogP contribution in [0.2, 0.25) is 0 Å². The Hall–Kier alpha value is -1.40. The second-order valence-electron chi connectivity index (χ2n) is 3.99. The smallest absolute Gasteiger partial charge is 0.299 e. The molecule has 19 heavy (non-hydrogen) atoms. The molecule has 0 spiro atoms. The quantitative estimate of drug-likeness (QED) is 0.792. The van der Waals surface area contributed by atoms with Gasteiger partial charge in [-0.2, -0.15) is 0 Å². The van der Waals surface area contributed by atoms with Crippen molar-refractivity contribution in [2.75, 3.05) is 7.11 Å². The summed E-state index contributed by atoms with van der Waals surface area (Å²) in [4.78, 5) is 20.5. The van der Waals surface area contributed by atoms with Gasteiger partial charge in [-0.3, -0.25) is 9.36 Å². The van der Waals surface area contributed by atoms with Gasteiger partial charge in [-0.15, -0.1) is 22.9 Å². The predicted molar refractivity (Wildman–Crippen MR) is 75.2 cm³/mol. The molecule has 2 rings (SSSR count). The summed E-state index contributed by atoms with van der Waals surface area (Å²) in [7, 11) is 1.51. The lowest BCUT2D eigenvalue weighted by Gasteiger charge is -2.09. The van der Waals surface area contributed by atoms with Crippen molar-refractivity contribution in [2.24, 2.45) is 0 Å². The molecule has 2 aromatic rings. The van der Waals surface area contributed by atoms with E-state index < -0.39 is 0 Å². The summed E-state index contributed by atoms with van der Waals surface area (Å²) in [5, 5.41) is 2.88. The summed E-state index contributed by atoms with van der Waals surface area (Å²) >= 11 is 7.25. The summed E-state index contributed by atoms with van der Waals surface area (Å²) < 4.78 is 6.64. The van der Waals surface area contributed by atoms with Crippen LogP contribution < -0.4 is 10.3 Å². The van der Waals surface area contributed by atoms with Crippen molar-refractivity contribution in [3.8, 4) is 6.01 Å². The average Bonchev–Trinajstić information content (AvgIpc) is 2.84. The van der Waals surface area contributed by atoms with Crippen LogP contribution in [0.15, 0.2) is 16.2 Å². The summed E-state index contributed by atoms with van der Waals surface area (Å²) in [5.74, 6) is 0.409. The van der Waals surface area contributed by atoms with Gasteiger partial charge in [0, 0.05) is 30.1 Å². The third kappa shape index (κ3) is 3.33. The highest BCUT2D eigenvalue weighted by Crippen LogP contribution is 2.13. The van der Waals surface area contributed by atoms with Gasteiger partial charge in [-0.25, -0.2) is 9.97 Å². The van der Waals surface area contributed by atoms with Crippen LogP contribution in [-0.2, 0) is 18.8 Å². The van der Waals surface area contributed by atoms with Crippen LogP contribution in [0.1, 0.15) is 16.4 Å². The van der Waals surface area contributed by atoms with Crippen LogP contribution in [0.5, 0.6) is 6.01 Å². The van der Waals surface area contributed by atoms with Gasteiger partial charge in [0.1, 0.15) is 0 Å². The third-order valence-corrected chi connectivity index (χ3v) is 3.80. The lowest BCUT2D eigenvalue weighted by atomic mass is 10.4. The lowest BCUT2D eigenvalue weighted by molar-refractivity contribution is 0.344. The fraction of sp³-hybridized carbons (Fsp3) is 0.417. The minimum atomic E-state index is -0.113. The van der Waals surface area contributed by atoms with E-state index in [1.54, 1.807) is 18.3 Å². The molecule has 7 heteroatoms. The van der Waals surface area contributed by atoms with Crippen molar-refractivity contribution in [3.05, 3.63) is 38.2 Å². The van der Waals surface area contributed by atoms with E-state index >= 15 is 0 Å². The number of thiazole rings is 1. The molecule has 0 saturated heterocycles. The number of rotatable bonds is 5. The van der Waals surface area contributed by atoms with E-state index in [0.29, 0.717) is 30.5 Å². The molecular formula is C12H14ClN3O2S. The highest BCUT2D eigenvalue weighted by atomic mass is 35.5. The molecule has 0 bridgehead atoms. The SMILES string of the molecule is COc1nc(C)cc(=O)n1CCc1nc(CCl)cs1. The summed E-state index contributed by atoms with van der Waals surface area (Å²) in [6.07, 6.45) is 0.655. The zero-order valence-electron chi connectivity index (χ0n) is 10.7. The van der Waals surface area contributed by atoms with Crippen molar-refractivity contribution in [3.63, 3.8) is 0 Å². The maximum Gasteiger partial charge on any atom is 0.299 e. The minimum absolute atomic E-state index is 0.113. The molecule has 0 aliphatic heterocycles. The van der Waals surface area contributed by atoms with Gasteiger partial charge in [0.2, 0.25) is 0 Å². The van der Waals surface area contributed by atoms with Gasteiger partial charge in [0.15, 0.2) is 0 Å². The standard InChI is InChI=1S/C12H14ClN3O2S/c1-8-5-11(17)16(12(14-8)18-2)4-3-10-15-9(6-13)7-19-10/h5,7H,3-4,6H2,1-2H3. The number of aromatic nitrogens is 3. The van der Waals surface area contributed by atoms with E-state index in [1.165, 1.54) is 17.7 Å². The maximum absolute atomic E-state index is 11.9. The van der Waals surface area contributed by atoms with Crippen LogP contribution >= 0.6 is 22.9 Å². The van der Waals surface area contributed by atoms with Gasteiger partial charge in [-0.05, 0) is 6.92 Å². The maximum atomic E-state index is 11.9. The van der Waals surface area contributed by atoms with E-state index in [4.69, 9.17) is 16.3 Å². The Morgan fingerprint density at radius 3 is 2.89 bits per heavy atom. The molecule has 0 radical (unpaired) electrons. The number of hydrogen-bond donors (Lipinski definition) is 0. The number of aryl methyl sites for hydroxylation is 2. The Balaban J connectivity index is 2.17. The first-order chi connectivity index (χ1) is 9.13. The second-order valence-corrected chi connectivity index (χ2v) is 5.20. The van der Waals surface area contributed by atoms with Gasteiger partial charge < -0.3 is 4.74 Å². The monoisotopic (exact) mass is 299 g/mol.